The molecule has 0 bridgehead atoms. The number of nitrogens with one attached hydrogen (secondary N) is 2. The number of amides is 2. The van der Waals surface area contributed by atoms with Crippen molar-refractivity contribution in [3.8, 4) is 0 Å². The van der Waals surface area contributed by atoms with Gasteiger partial charge in [-0.2, -0.15) is 0 Å². The Bertz CT molecular complexity index is 408. The lowest BCUT2D eigenvalue weighted by atomic mass is 10.2. The molecule has 0 unspecified atom stereocenters. The van der Waals surface area contributed by atoms with Crippen LogP contribution in [0.1, 0.15) is 12.0 Å². The van der Waals surface area contributed by atoms with Crippen LogP contribution < -0.4 is 10.6 Å². The van der Waals surface area contributed by atoms with Crippen LogP contribution in [0.5, 0.6) is 0 Å². The molecule has 0 heterocycles. The van der Waals surface area contributed by atoms with E-state index in [0.29, 0.717) is 0 Å². The number of rotatable bonds is 6. The van der Waals surface area contributed by atoms with Crippen LogP contribution in [-0.2, 0) is 16.1 Å². The molecule has 0 aromatic heterocycles. The van der Waals surface area contributed by atoms with Gasteiger partial charge in [-0.15, -0.1) is 0 Å². The molecule has 3 N–H and O–H groups in total. The average molecular weight is 266 g/mol. The van der Waals surface area contributed by atoms with Crippen molar-refractivity contribution in [1.82, 2.24) is 10.6 Å². The molecule has 2 amide bonds. The predicted molar refractivity (Wildman–Crippen MR) is 69.3 cm³/mol. The Labute approximate surface area is 111 Å². The van der Waals surface area contributed by atoms with Crippen molar-refractivity contribution in [2.24, 2.45) is 0 Å². The molecule has 19 heavy (non-hydrogen) atoms. The van der Waals surface area contributed by atoms with Crippen LogP contribution in [0.4, 0.5) is 4.79 Å². The number of aliphatic hydroxyl groups excluding tert-OH is 1. The van der Waals surface area contributed by atoms with Gasteiger partial charge in [0.1, 0.15) is 6.61 Å². The van der Waals surface area contributed by atoms with Gasteiger partial charge in [0.05, 0.1) is 12.6 Å². The summed E-state index contributed by atoms with van der Waals surface area (Å²) in [5, 5.41) is 13.9. The van der Waals surface area contributed by atoms with Crippen LogP contribution in [0.25, 0.3) is 0 Å². The van der Waals surface area contributed by atoms with E-state index >= 15 is 0 Å². The van der Waals surface area contributed by atoms with E-state index in [1.54, 1.807) is 0 Å². The Morgan fingerprint density at radius 3 is 2.58 bits per heavy atom. The van der Waals surface area contributed by atoms with Gasteiger partial charge in [-0.1, -0.05) is 30.3 Å². The number of ether oxygens (including phenoxy) is 1. The highest BCUT2D eigenvalue weighted by Gasteiger charge is 2.15. The summed E-state index contributed by atoms with van der Waals surface area (Å²) >= 11 is 0. The van der Waals surface area contributed by atoms with Gasteiger partial charge in [-0.25, -0.2) is 4.79 Å². The van der Waals surface area contributed by atoms with Crippen molar-refractivity contribution < 1.29 is 19.4 Å². The largest absolute Gasteiger partial charge is 0.445 e. The van der Waals surface area contributed by atoms with Crippen LogP contribution in [0.15, 0.2) is 30.3 Å². The van der Waals surface area contributed by atoms with Crippen LogP contribution in [0.2, 0.25) is 0 Å². The Morgan fingerprint density at radius 2 is 2.00 bits per heavy atom. The summed E-state index contributed by atoms with van der Waals surface area (Å²) in [6.07, 6.45) is -0.653. The standard InChI is InChI=1S/C13H18N2O4/c1-14-12(17)7-11(8-16)15-13(18)19-9-10-5-3-2-4-6-10/h2-6,11,16H,7-9H2,1H3,(H,14,17)(H,15,18)/t11-/m1/s1. The maximum absolute atomic E-state index is 11.5. The highest BCUT2D eigenvalue weighted by atomic mass is 16.5. The summed E-state index contributed by atoms with van der Waals surface area (Å²) in [6.45, 7) is -0.182. The summed E-state index contributed by atoms with van der Waals surface area (Å²) < 4.78 is 4.98. The molecule has 0 spiro atoms. The molecular weight excluding hydrogens is 248 g/mol. The van der Waals surface area contributed by atoms with Gasteiger partial charge in [-0.05, 0) is 5.56 Å². The van der Waals surface area contributed by atoms with Gasteiger partial charge < -0.3 is 20.5 Å². The first-order chi connectivity index (χ1) is 9.15. The summed E-state index contributed by atoms with van der Waals surface area (Å²) in [6, 6.07) is 8.58. The Balaban J connectivity index is 2.35. The molecular formula is C13H18N2O4. The lowest BCUT2D eigenvalue weighted by molar-refractivity contribution is -0.121. The van der Waals surface area contributed by atoms with E-state index in [-0.39, 0.29) is 25.5 Å². The SMILES string of the molecule is CNC(=O)C[C@H](CO)NC(=O)OCc1ccccc1. The van der Waals surface area contributed by atoms with E-state index < -0.39 is 12.1 Å². The molecule has 1 atom stereocenters. The van der Waals surface area contributed by atoms with Crippen molar-refractivity contribution in [2.45, 2.75) is 19.1 Å². The number of alkyl carbamates (subject to hydrolysis) is 1. The third kappa shape index (κ3) is 5.87. The molecule has 0 saturated heterocycles. The first-order valence-electron chi connectivity index (χ1n) is 5.94. The summed E-state index contributed by atoms with van der Waals surface area (Å²) in [7, 11) is 1.49. The van der Waals surface area contributed by atoms with Gasteiger partial charge in [0.15, 0.2) is 0 Å². The molecule has 0 radical (unpaired) electrons. The van der Waals surface area contributed by atoms with Gasteiger partial charge in [0.2, 0.25) is 5.91 Å². The maximum atomic E-state index is 11.5. The summed E-state index contributed by atoms with van der Waals surface area (Å²) in [4.78, 5) is 22.6. The van der Waals surface area contributed by atoms with Crippen molar-refractivity contribution in [1.29, 1.82) is 0 Å². The first kappa shape index (κ1) is 15.0. The number of carbonyl (C=O) groups is 2. The monoisotopic (exact) mass is 266 g/mol. The predicted octanol–water partition coefficient (Wildman–Crippen LogP) is 0.410. The Kier molecular flexibility index (Phi) is 6.38. The molecule has 0 aliphatic rings. The number of hydrogen-bond donors (Lipinski definition) is 3. The molecule has 0 aliphatic heterocycles. The second-order valence-corrected chi connectivity index (χ2v) is 3.96. The fourth-order valence-corrected chi connectivity index (χ4v) is 1.42. The zero-order valence-electron chi connectivity index (χ0n) is 10.8. The molecule has 0 aliphatic carbocycles. The zero-order valence-corrected chi connectivity index (χ0v) is 10.8. The lowest BCUT2D eigenvalue weighted by Crippen LogP contribution is -2.41. The van der Waals surface area contributed by atoms with E-state index in [2.05, 4.69) is 10.6 Å². The van der Waals surface area contributed by atoms with Crippen molar-refractivity contribution >= 4 is 12.0 Å². The van der Waals surface area contributed by atoms with Crippen LogP contribution in [-0.4, -0.2) is 36.8 Å². The van der Waals surface area contributed by atoms with Crippen molar-refractivity contribution in [3.63, 3.8) is 0 Å². The smallest absolute Gasteiger partial charge is 0.407 e. The molecule has 1 aromatic rings. The minimum Gasteiger partial charge on any atom is -0.445 e. The lowest BCUT2D eigenvalue weighted by Gasteiger charge is -2.15. The minimum atomic E-state index is -0.660. The Hall–Kier alpha value is -2.08. The second-order valence-electron chi connectivity index (χ2n) is 3.96. The highest BCUT2D eigenvalue weighted by Crippen LogP contribution is 2.01. The minimum absolute atomic E-state index is 0.00738. The van der Waals surface area contributed by atoms with Gasteiger partial charge in [-0.3, -0.25) is 4.79 Å². The maximum Gasteiger partial charge on any atom is 0.407 e. The topological polar surface area (TPSA) is 87.7 Å². The van der Waals surface area contributed by atoms with E-state index in [0.717, 1.165) is 5.56 Å². The highest BCUT2D eigenvalue weighted by molar-refractivity contribution is 5.77. The zero-order chi connectivity index (χ0) is 14.1. The molecule has 0 saturated carbocycles. The van der Waals surface area contributed by atoms with Gasteiger partial charge in [0.25, 0.3) is 0 Å². The molecule has 6 nitrogen and oxygen atoms in total. The second kappa shape index (κ2) is 8.10. The van der Waals surface area contributed by atoms with Crippen molar-refractivity contribution in [3.05, 3.63) is 35.9 Å². The summed E-state index contributed by atoms with van der Waals surface area (Å²) in [5.41, 5.74) is 0.865. The molecule has 0 fully saturated rings. The number of carbonyl (C=O) groups excluding carboxylic acids is 2. The van der Waals surface area contributed by atoms with Gasteiger partial charge >= 0.3 is 6.09 Å². The Morgan fingerprint density at radius 1 is 1.32 bits per heavy atom. The van der Waals surface area contributed by atoms with Crippen LogP contribution in [0, 0.1) is 0 Å². The average Bonchev–Trinajstić information content (AvgIpc) is 2.45. The fraction of sp³-hybridized carbons (Fsp3) is 0.385. The number of aliphatic hydroxyl groups is 1. The molecule has 6 heteroatoms. The van der Waals surface area contributed by atoms with E-state index in [1.165, 1.54) is 7.05 Å². The molecule has 1 aromatic carbocycles. The van der Waals surface area contributed by atoms with Crippen molar-refractivity contribution in [2.75, 3.05) is 13.7 Å². The van der Waals surface area contributed by atoms with E-state index in [9.17, 15) is 9.59 Å². The summed E-state index contributed by atoms with van der Waals surface area (Å²) in [5.74, 6) is -0.262. The van der Waals surface area contributed by atoms with Gasteiger partial charge in [0, 0.05) is 13.5 Å². The number of benzene rings is 1. The fourth-order valence-electron chi connectivity index (χ4n) is 1.42. The third-order valence-corrected chi connectivity index (χ3v) is 2.47. The number of hydrogen-bond acceptors (Lipinski definition) is 4. The molecule has 1 rings (SSSR count). The molecule has 104 valence electrons. The van der Waals surface area contributed by atoms with E-state index in [4.69, 9.17) is 9.84 Å². The van der Waals surface area contributed by atoms with E-state index in [1.807, 2.05) is 30.3 Å². The third-order valence-electron chi connectivity index (χ3n) is 2.47. The van der Waals surface area contributed by atoms with Crippen LogP contribution in [0.3, 0.4) is 0 Å². The quantitative estimate of drug-likeness (QED) is 0.696. The van der Waals surface area contributed by atoms with Crippen LogP contribution >= 0.6 is 0 Å². The first-order valence-corrected chi connectivity index (χ1v) is 5.94. The normalized spacial score (nSPS) is 11.5.